The maximum absolute atomic E-state index is 5.88. The molecular formula is C11H13BrN4. The number of benzene rings is 1. The highest BCUT2D eigenvalue weighted by atomic mass is 79.9. The SMILES string of the molecule is Cc1ccc(-c2nc(C)n(N)c2N)cc1Br. The molecule has 16 heavy (non-hydrogen) atoms. The van der Waals surface area contributed by atoms with Crippen LogP contribution in [-0.4, -0.2) is 9.66 Å². The van der Waals surface area contributed by atoms with Gasteiger partial charge in [-0.25, -0.2) is 9.66 Å². The van der Waals surface area contributed by atoms with E-state index in [1.54, 1.807) is 0 Å². The molecule has 0 unspecified atom stereocenters. The molecule has 5 heteroatoms. The molecule has 0 spiro atoms. The summed E-state index contributed by atoms with van der Waals surface area (Å²) in [5, 5.41) is 0. The van der Waals surface area contributed by atoms with Crippen molar-refractivity contribution in [3.63, 3.8) is 0 Å². The molecule has 0 atom stereocenters. The van der Waals surface area contributed by atoms with Crippen molar-refractivity contribution in [3.8, 4) is 11.3 Å². The summed E-state index contributed by atoms with van der Waals surface area (Å²) >= 11 is 3.49. The second kappa shape index (κ2) is 3.83. The first kappa shape index (κ1) is 11.0. The minimum absolute atomic E-state index is 0.480. The Hall–Kier alpha value is -1.49. The molecule has 1 heterocycles. The van der Waals surface area contributed by atoms with Crippen molar-refractivity contribution < 1.29 is 0 Å². The van der Waals surface area contributed by atoms with Gasteiger partial charge in [0.15, 0.2) is 5.82 Å². The zero-order valence-corrected chi connectivity index (χ0v) is 10.7. The number of rotatable bonds is 1. The highest BCUT2D eigenvalue weighted by Gasteiger charge is 2.12. The van der Waals surface area contributed by atoms with Gasteiger partial charge in [0.05, 0.1) is 0 Å². The Labute approximate surface area is 102 Å². The van der Waals surface area contributed by atoms with E-state index in [0.717, 1.165) is 15.7 Å². The molecule has 84 valence electrons. The van der Waals surface area contributed by atoms with Gasteiger partial charge in [-0.1, -0.05) is 28.1 Å². The van der Waals surface area contributed by atoms with Gasteiger partial charge in [-0.2, -0.15) is 0 Å². The Balaban J connectivity index is 2.59. The number of imidazole rings is 1. The summed E-state index contributed by atoms with van der Waals surface area (Å²) in [5.41, 5.74) is 8.74. The van der Waals surface area contributed by atoms with Crippen molar-refractivity contribution in [3.05, 3.63) is 34.1 Å². The molecule has 4 N–H and O–H groups in total. The topological polar surface area (TPSA) is 69.9 Å². The first-order valence-corrected chi connectivity index (χ1v) is 5.66. The van der Waals surface area contributed by atoms with Crippen LogP contribution < -0.4 is 11.6 Å². The fourth-order valence-electron chi connectivity index (χ4n) is 1.51. The second-order valence-corrected chi connectivity index (χ2v) is 4.58. The highest BCUT2D eigenvalue weighted by molar-refractivity contribution is 9.10. The van der Waals surface area contributed by atoms with Gasteiger partial charge in [0.25, 0.3) is 0 Å². The van der Waals surface area contributed by atoms with Crippen LogP contribution in [-0.2, 0) is 0 Å². The second-order valence-electron chi connectivity index (χ2n) is 3.73. The fraction of sp³-hybridized carbons (Fsp3) is 0.182. The van der Waals surface area contributed by atoms with E-state index < -0.39 is 0 Å². The number of anilines is 1. The summed E-state index contributed by atoms with van der Waals surface area (Å²) < 4.78 is 2.43. The van der Waals surface area contributed by atoms with E-state index in [4.69, 9.17) is 11.6 Å². The third-order valence-corrected chi connectivity index (χ3v) is 3.42. The lowest BCUT2D eigenvalue weighted by atomic mass is 10.1. The molecule has 2 rings (SSSR count). The summed E-state index contributed by atoms with van der Waals surface area (Å²) in [6, 6.07) is 6.00. The number of nitrogens with zero attached hydrogens (tertiary/aromatic N) is 2. The normalized spacial score (nSPS) is 10.7. The molecule has 0 aliphatic heterocycles. The fourth-order valence-corrected chi connectivity index (χ4v) is 1.89. The largest absolute Gasteiger partial charge is 0.382 e. The van der Waals surface area contributed by atoms with E-state index in [1.807, 2.05) is 32.0 Å². The zero-order valence-electron chi connectivity index (χ0n) is 9.16. The van der Waals surface area contributed by atoms with E-state index in [-0.39, 0.29) is 0 Å². The lowest BCUT2D eigenvalue weighted by Crippen LogP contribution is -2.13. The Bertz CT molecular complexity index is 545. The number of aromatic nitrogens is 2. The third kappa shape index (κ3) is 1.67. The average Bonchev–Trinajstić information content (AvgIpc) is 2.50. The first-order chi connectivity index (χ1) is 7.50. The predicted octanol–water partition coefficient (Wildman–Crippen LogP) is 2.23. The first-order valence-electron chi connectivity index (χ1n) is 4.87. The van der Waals surface area contributed by atoms with E-state index in [2.05, 4.69) is 20.9 Å². The quantitative estimate of drug-likeness (QED) is 0.787. The third-order valence-electron chi connectivity index (χ3n) is 2.57. The number of nitrogen functional groups attached to an aromatic ring is 2. The predicted molar refractivity (Wildman–Crippen MR) is 69.4 cm³/mol. The Kier molecular flexibility index (Phi) is 2.63. The molecule has 2 aromatic rings. The number of hydrogen-bond acceptors (Lipinski definition) is 3. The van der Waals surface area contributed by atoms with Crippen molar-refractivity contribution in [1.82, 2.24) is 9.66 Å². The van der Waals surface area contributed by atoms with Crippen molar-refractivity contribution in [2.75, 3.05) is 11.6 Å². The monoisotopic (exact) mass is 280 g/mol. The number of aryl methyl sites for hydroxylation is 2. The molecular weight excluding hydrogens is 268 g/mol. The standard InChI is InChI=1S/C11H13BrN4/c1-6-3-4-8(5-9(6)12)10-11(13)16(14)7(2)15-10/h3-5H,13-14H2,1-2H3. The van der Waals surface area contributed by atoms with Gasteiger partial charge in [-0.3, -0.25) is 0 Å². The van der Waals surface area contributed by atoms with Crippen LogP contribution in [0.15, 0.2) is 22.7 Å². The summed E-state index contributed by atoms with van der Waals surface area (Å²) in [6.45, 7) is 3.85. The summed E-state index contributed by atoms with van der Waals surface area (Å²) in [5.74, 6) is 6.90. The van der Waals surface area contributed by atoms with Gasteiger partial charge in [0, 0.05) is 10.0 Å². The maximum atomic E-state index is 5.88. The summed E-state index contributed by atoms with van der Waals surface area (Å²) in [6.07, 6.45) is 0. The minimum atomic E-state index is 0.480. The molecule has 0 fully saturated rings. The van der Waals surface area contributed by atoms with Crippen molar-refractivity contribution in [2.24, 2.45) is 0 Å². The number of halogens is 1. The van der Waals surface area contributed by atoms with Gasteiger partial charge < -0.3 is 11.6 Å². The molecule has 0 aliphatic rings. The molecule has 0 saturated heterocycles. The van der Waals surface area contributed by atoms with Crippen LogP contribution in [0.5, 0.6) is 0 Å². The van der Waals surface area contributed by atoms with Gasteiger partial charge in [-0.05, 0) is 25.5 Å². The van der Waals surface area contributed by atoms with Gasteiger partial charge in [0.1, 0.15) is 11.5 Å². The Morgan fingerprint density at radius 3 is 2.50 bits per heavy atom. The Morgan fingerprint density at radius 2 is 2.00 bits per heavy atom. The van der Waals surface area contributed by atoms with Crippen LogP contribution >= 0.6 is 15.9 Å². The van der Waals surface area contributed by atoms with E-state index in [9.17, 15) is 0 Å². The highest BCUT2D eigenvalue weighted by Crippen LogP contribution is 2.28. The molecule has 4 nitrogen and oxygen atoms in total. The minimum Gasteiger partial charge on any atom is -0.382 e. The number of nitrogens with two attached hydrogens (primary N) is 2. The zero-order chi connectivity index (χ0) is 11.9. The molecule has 1 aromatic carbocycles. The van der Waals surface area contributed by atoms with Gasteiger partial charge >= 0.3 is 0 Å². The molecule has 0 amide bonds. The molecule has 1 aromatic heterocycles. The van der Waals surface area contributed by atoms with Crippen molar-refractivity contribution >= 4 is 21.7 Å². The Morgan fingerprint density at radius 1 is 1.31 bits per heavy atom. The van der Waals surface area contributed by atoms with E-state index >= 15 is 0 Å². The maximum Gasteiger partial charge on any atom is 0.150 e. The molecule has 0 bridgehead atoms. The van der Waals surface area contributed by atoms with E-state index in [1.165, 1.54) is 10.2 Å². The summed E-state index contributed by atoms with van der Waals surface area (Å²) in [4.78, 5) is 4.34. The van der Waals surface area contributed by atoms with E-state index in [0.29, 0.717) is 11.6 Å². The van der Waals surface area contributed by atoms with Gasteiger partial charge in [-0.15, -0.1) is 0 Å². The van der Waals surface area contributed by atoms with Gasteiger partial charge in [0.2, 0.25) is 0 Å². The van der Waals surface area contributed by atoms with Crippen molar-refractivity contribution in [1.29, 1.82) is 0 Å². The molecule has 0 saturated carbocycles. The van der Waals surface area contributed by atoms with Crippen LogP contribution in [0.4, 0.5) is 5.82 Å². The van der Waals surface area contributed by atoms with Crippen LogP contribution in [0.3, 0.4) is 0 Å². The lowest BCUT2D eigenvalue weighted by molar-refractivity contribution is 0.937. The smallest absolute Gasteiger partial charge is 0.150 e. The lowest BCUT2D eigenvalue weighted by Gasteiger charge is -2.03. The van der Waals surface area contributed by atoms with Crippen molar-refractivity contribution in [2.45, 2.75) is 13.8 Å². The van der Waals surface area contributed by atoms with Crippen LogP contribution in [0.1, 0.15) is 11.4 Å². The number of hydrogen-bond donors (Lipinski definition) is 2. The molecule has 0 radical (unpaired) electrons. The van der Waals surface area contributed by atoms with Crippen LogP contribution in [0.25, 0.3) is 11.3 Å². The van der Waals surface area contributed by atoms with Crippen LogP contribution in [0.2, 0.25) is 0 Å². The average molecular weight is 281 g/mol. The van der Waals surface area contributed by atoms with Crippen LogP contribution in [0, 0.1) is 13.8 Å². The summed E-state index contributed by atoms with van der Waals surface area (Å²) in [7, 11) is 0. The molecule has 0 aliphatic carbocycles.